The Hall–Kier alpha value is -0.960. The van der Waals surface area contributed by atoms with Crippen LogP contribution in [0.25, 0.3) is 0 Å². The molecule has 0 aromatic heterocycles. The molecule has 0 aliphatic rings. The fourth-order valence-electron chi connectivity index (χ4n) is 1.79. The molecule has 0 amide bonds. The zero-order valence-corrected chi connectivity index (χ0v) is 12.5. The van der Waals surface area contributed by atoms with Gasteiger partial charge in [0.05, 0.1) is 15.9 Å². The van der Waals surface area contributed by atoms with Gasteiger partial charge >= 0.3 is 0 Å². The first-order chi connectivity index (χ1) is 8.59. The molecule has 0 spiro atoms. The molecular weight excluding hydrogens is 290 g/mol. The van der Waals surface area contributed by atoms with Crippen LogP contribution in [0.5, 0.6) is 0 Å². The molecule has 1 aromatic rings. The van der Waals surface area contributed by atoms with Gasteiger partial charge in [-0.1, -0.05) is 12.1 Å². The van der Waals surface area contributed by atoms with E-state index in [1.807, 2.05) is 0 Å². The molecule has 1 atom stereocenters. The van der Waals surface area contributed by atoms with Crippen LogP contribution in [0, 0.1) is 0 Å². The minimum absolute atomic E-state index is 0.0831. The highest BCUT2D eigenvalue weighted by Gasteiger charge is 2.26. The molecule has 0 saturated carbocycles. The summed E-state index contributed by atoms with van der Waals surface area (Å²) in [5.74, 6) is 0. The van der Waals surface area contributed by atoms with Crippen molar-refractivity contribution in [3.8, 4) is 0 Å². The standard InChI is InChI=1S/C11H17NO5S2/c1-12-7-9(13)8-5-4-6-10(18(2,14)15)11(8)19(3,16)17/h4-6,9,12-13H,7H2,1-3H3. The van der Waals surface area contributed by atoms with E-state index >= 15 is 0 Å². The van der Waals surface area contributed by atoms with Gasteiger partial charge in [-0.05, 0) is 13.1 Å². The Morgan fingerprint density at radius 2 is 1.74 bits per heavy atom. The van der Waals surface area contributed by atoms with Crippen molar-refractivity contribution in [3.05, 3.63) is 23.8 Å². The molecule has 0 fully saturated rings. The first-order valence-corrected chi connectivity index (χ1v) is 9.23. The molecule has 6 nitrogen and oxygen atoms in total. The summed E-state index contributed by atoms with van der Waals surface area (Å²) in [5.41, 5.74) is 0.0831. The van der Waals surface area contributed by atoms with Gasteiger partial charge in [0.2, 0.25) is 0 Å². The highest BCUT2D eigenvalue weighted by Crippen LogP contribution is 2.29. The summed E-state index contributed by atoms with van der Waals surface area (Å²) in [4.78, 5) is -0.622. The highest BCUT2D eigenvalue weighted by molar-refractivity contribution is 7.93. The number of aliphatic hydroxyl groups is 1. The predicted octanol–water partition coefficient (Wildman–Crippen LogP) is -0.254. The first-order valence-electron chi connectivity index (χ1n) is 5.44. The Kier molecular flexibility index (Phi) is 4.72. The smallest absolute Gasteiger partial charge is 0.177 e. The Morgan fingerprint density at radius 1 is 1.16 bits per heavy atom. The molecular formula is C11H17NO5S2. The van der Waals surface area contributed by atoms with E-state index in [0.29, 0.717) is 0 Å². The fourth-order valence-corrected chi connectivity index (χ4v) is 4.54. The second kappa shape index (κ2) is 5.58. The third-order valence-electron chi connectivity index (χ3n) is 2.54. The summed E-state index contributed by atoms with van der Waals surface area (Å²) in [6.07, 6.45) is 0.758. The number of benzene rings is 1. The highest BCUT2D eigenvalue weighted by atomic mass is 32.2. The number of sulfone groups is 2. The molecule has 0 bridgehead atoms. The van der Waals surface area contributed by atoms with Crippen molar-refractivity contribution in [2.75, 3.05) is 26.1 Å². The van der Waals surface area contributed by atoms with Crippen LogP contribution in [-0.4, -0.2) is 48.0 Å². The van der Waals surface area contributed by atoms with E-state index in [0.717, 1.165) is 12.5 Å². The van der Waals surface area contributed by atoms with Crippen LogP contribution in [0.15, 0.2) is 28.0 Å². The van der Waals surface area contributed by atoms with E-state index in [1.165, 1.54) is 18.2 Å². The molecule has 1 rings (SSSR count). The zero-order chi connectivity index (χ0) is 14.8. The minimum Gasteiger partial charge on any atom is -0.387 e. The van der Waals surface area contributed by atoms with Crippen molar-refractivity contribution in [3.63, 3.8) is 0 Å². The van der Waals surface area contributed by atoms with Gasteiger partial charge in [-0.3, -0.25) is 0 Å². The van der Waals surface area contributed by atoms with Crippen LogP contribution < -0.4 is 5.32 Å². The molecule has 2 N–H and O–H groups in total. The Bertz CT molecular complexity index is 664. The molecule has 0 heterocycles. The van der Waals surface area contributed by atoms with Crippen molar-refractivity contribution >= 4 is 19.7 Å². The van der Waals surface area contributed by atoms with Crippen molar-refractivity contribution < 1.29 is 21.9 Å². The Morgan fingerprint density at radius 3 is 2.16 bits per heavy atom. The topological polar surface area (TPSA) is 101 Å². The summed E-state index contributed by atoms with van der Waals surface area (Å²) < 4.78 is 47.0. The summed E-state index contributed by atoms with van der Waals surface area (Å²) in [6, 6.07) is 4.05. The van der Waals surface area contributed by atoms with E-state index in [1.54, 1.807) is 7.05 Å². The van der Waals surface area contributed by atoms with Crippen molar-refractivity contribution in [1.82, 2.24) is 5.32 Å². The minimum atomic E-state index is -3.78. The van der Waals surface area contributed by atoms with Gasteiger partial charge in [0.25, 0.3) is 0 Å². The van der Waals surface area contributed by atoms with E-state index < -0.39 is 25.8 Å². The van der Waals surface area contributed by atoms with Crippen molar-refractivity contribution in [2.24, 2.45) is 0 Å². The second-order valence-corrected chi connectivity index (χ2v) is 8.23. The Labute approximate surface area is 113 Å². The molecule has 1 aromatic carbocycles. The lowest BCUT2D eigenvalue weighted by molar-refractivity contribution is 0.174. The van der Waals surface area contributed by atoms with Crippen LogP contribution in [0.4, 0.5) is 0 Å². The van der Waals surface area contributed by atoms with Gasteiger partial charge in [-0.25, -0.2) is 16.8 Å². The summed E-state index contributed by atoms with van der Waals surface area (Å²) >= 11 is 0. The number of rotatable bonds is 5. The van der Waals surface area contributed by atoms with E-state index in [2.05, 4.69) is 5.32 Å². The quantitative estimate of drug-likeness (QED) is 0.778. The van der Waals surface area contributed by atoms with Crippen LogP contribution in [0.1, 0.15) is 11.7 Å². The average molecular weight is 307 g/mol. The second-order valence-electron chi connectivity index (χ2n) is 4.29. The normalized spacial score (nSPS) is 14.3. The molecule has 108 valence electrons. The maximum absolute atomic E-state index is 11.8. The lowest BCUT2D eigenvalue weighted by atomic mass is 10.1. The van der Waals surface area contributed by atoms with Crippen LogP contribution >= 0.6 is 0 Å². The average Bonchev–Trinajstić information content (AvgIpc) is 2.26. The number of likely N-dealkylation sites (N-methyl/N-ethyl adjacent to an activating group) is 1. The molecule has 0 aliphatic heterocycles. The number of nitrogens with one attached hydrogen (secondary N) is 1. The third kappa shape index (κ3) is 3.75. The molecule has 0 aliphatic carbocycles. The predicted molar refractivity (Wildman–Crippen MR) is 71.5 cm³/mol. The number of hydrogen-bond donors (Lipinski definition) is 2. The zero-order valence-electron chi connectivity index (χ0n) is 10.9. The molecule has 0 radical (unpaired) electrons. The van der Waals surface area contributed by atoms with Crippen LogP contribution in [0.2, 0.25) is 0 Å². The molecule has 1 unspecified atom stereocenters. The van der Waals surface area contributed by atoms with Crippen molar-refractivity contribution in [2.45, 2.75) is 15.9 Å². The SMILES string of the molecule is CNCC(O)c1cccc(S(C)(=O)=O)c1S(C)(=O)=O. The van der Waals surface area contributed by atoms with Crippen LogP contribution in [-0.2, 0) is 19.7 Å². The monoisotopic (exact) mass is 307 g/mol. The number of hydrogen-bond acceptors (Lipinski definition) is 6. The maximum Gasteiger partial charge on any atom is 0.177 e. The van der Waals surface area contributed by atoms with Crippen LogP contribution in [0.3, 0.4) is 0 Å². The first kappa shape index (κ1) is 16.1. The largest absolute Gasteiger partial charge is 0.387 e. The molecule has 8 heteroatoms. The van der Waals surface area contributed by atoms with Gasteiger partial charge < -0.3 is 10.4 Å². The van der Waals surface area contributed by atoms with Gasteiger partial charge in [-0.15, -0.1) is 0 Å². The lowest BCUT2D eigenvalue weighted by Crippen LogP contribution is -2.20. The van der Waals surface area contributed by atoms with E-state index in [9.17, 15) is 21.9 Å². The summed E-state index contributed by atoms with van der Waals surface area (Å²) in [7, 11) is -5.87. The van der Waals surface area contributed by atoms with E-state index in [-0.39, 0.29) is 21.9 Å². The van der Waals surface area contributed by atoms with Gasteiger partial charge in [0, 0.05) is 24.6 Å². The van der Waals surface area contributed by atoms with Gasteiger partial charge in [0.1, 0.15) is 0 Å². The molecule has 19 heavy (non-hydrogen) atoms. The molecule has 0 saturated heterocycles. The van der Waals surface area contributed by atoms with Crippen molar-refractivity contribution in [1.29, 1.82) is 0 Å². The fraction of sp³-hybridized carbons (Fsp3) is 0.455. The number of aliphatic hydroxyl groups excluding tert-OH is 1. The van der Waals surface area contributed by atoms with Gasteiger partial charge in [0.15, 0.2) is 19.7 Å². The van der Waals surface area contributed by atoms with E-state index in [4.69, 9.17) is 0 Å². The third-order valence-corrected chi connectivity index (χ3v) is 5.00. The van der Waals surface area contributed by atoms with Gasteiger partial charge in [-0.2, -0.15) is 0 Å². The summed E-state index contributed by atoms with van der Waals surface area (Å²) in [5, 5.41) is 12.6. The summed E-state index contributed by atoms with van der Waals surface area (Å²) in [6.45, 7) is 0.121. The maximum atomic E-state index is 11.8. The Balaban J connectivity index is 3.68. The lowest BCUT2D eigenvalue weighted by Gasteiger charge is -2.16.